The summed E-state index contributed by atoms with van der Waals surface area (Å²) in [7, 11) is 0. The molecule has 0 radical (unpaired) electrons. The summed E-state index contributed by atoms with van der Waals surface area (Å²) in [5, 5.41) is 10.7. The molecule has 0 heterocycles. The molecule has 0 saturated heterocycles. The van der Waals surface area contributed by atoms with E-state index >= 15 is 0 Å². The highest BCUT2D eigenvalue weighted by molar-refractivity contribution is 5.41. The molecule has 3 rings (SSSR count). The topological polar surface area (TPSA) is 20.2 Å². The van der Waals surface area contributed by atoms with Gasteiger partial charge in [-0.3, -0.25) is 0 Å². The standard InChI is InChI=1S/C20H24O/c1-3-14-8-10-18(12-15(14)4-2)20(21)19-11-9-16-6-5-7-17(16)13-19/h8-13,20-21H,3-7H2,1-2H3. The fraction of sp³-hybridized carbons (Fsp3) is 0.400. The zero-order valence-corrected chi connectivity index (χ0v) is 13.0. The lowest BCUT2D eigenvalue weighted by Crippen LogP contribution is -2.03. The van der Waals surface area contributed by atoms with Crippen molar-refractivity contribution in [2.24, 2.45) is 0 Å². The van der Waals surface area contributed by atoms with Crippen molar-refractivity contribution in [2.45, 2.75) is 52.1 Å². The smallest absolute Gasteiger partial charge is 0.104 e. The molecule has 21 heavy (non-hydrogen) atoms. The summed E-state index contributed by atoms with van der Waals surface area (Å²) >= 11 is 0. The molecule has 0 aromatic heterocycles. The van der Waals surface area contributed by atoms with E-state index in [1.54, 1.807) is 0 Å². The number of aliphatic hydroxyl groups excluding tert-OH is 1. The second kappa shape index (κ2) is 6.03. The van der Waals surface area contributed by atoms with Gasteiger partial charge >= 0.3 is 0 Å². The van der Waals surface area contributed by atoms with Gasteiger partial charge in [0.1, 0.15) is 6.10 Å². The second-order valence-corrected chi connectivity index (χ2v) is 6.02. The molecule has 0 spiro atoms. The minimum absolute atomic E-state index is 0.507. The molecule has 0 fully saturated rings. The van der Waals surface area contributed by atoms with Crippen LogP contribution in [0.2, 0.25) is 0 Å². The normalized spacial score (nSPS) is 15.0. The van der Waals surface area contributed by atoms with Crippen LogP contribution in [0.1, 0.15) is 59.8 Å². The highest BCUT2D eigenvalue weighted by Gasteiger charge is 2.16. The fourth-order valence-electron chi connectivity index (χ4n) is 3.44. The molecule has 1 N–H and O–H groups in total. The number of hydrogen-bond donors (Lipinski definition) is 1. The van der Waals surface area contributed by atoms with Crippen LogP contribution < -0.4 is 0 Å². The monoisotopic (exact) mass is 280 g/mol. The van der Waals surface area contributed by atoms with Gasteiger partial charge in [0.15, 0.2) is 0 Å². The van der Waals surface area contributed by atoms with E-state index in [2.05, 4.69) is 50.2 Å². The first-order chi connectivity index (χ1) is 10.2. The van der Waals surface area contributed by atoms with Crippen molar-refractivity contribution in [2.75, 3.05) is 0 Å². The van der Waals surface area contributed by atoms with E-state index in [-0.39, 0.29) is 0 Å². The predicted molar refractivity (Wildman–Crippen MR) is 87.7 cm³/mol. The molecule has 0 amide bonds. The van der Waals surface area contributed by atoms with Crippen molar-refractivity contribution < 1.29 is 5.11 Å². The number of rotatable bonds is 4. The maximum Gasteiger partial charge on any atom is 0.104 e. The average Bonchev–Trinajstić information content (AvgIpc) is 3.00. The van der Waals surface area contributed by atoms with Gasteiger partial charge in [0.25, 0.3) is 0 Å². The van der Waals surface area contributed by atoms with Crippen molar-refractivity contribution in [1.82, 2.24) is 0 Å². The minimum atomic E-state index is -0.507. The van der Waals surface area contributed by atoms with E-state index in [9.17, 15) is 5.11 Å². The Morgan fingerprint density at radius 1 is 0.857 bits per heavy atom. The van der Waals surface area contributed by atoms with Crippen molar-refractivity contribution in [3.05, 3.63) is 69.8 Å². The van der Waals surface area contributed by atoms with Crippen LogP contribution in [-0.4, -0.2) is 5.11 Å². The molecule has 1 atom stereocenters. The molecular weight excluding hydrogens is 256 g/mol. The van der Waals surface area contributed by atoms with Gasteiger partial charge in [-0.05, 0) is 65.5 Å². The molecule has 0 aliphatic heterocycles. The Morgan fingerprint density at radius 3 is 2.29 bits per heavy atom. The van der Waals surface area contributed by atoms with E-state index in [0.29, 0.717) is 0 Å². The highest BCUT2D eigenvalue weighted by atomic mass is 16.3. The Hall–Kier alpha value is -1.60. The van der Waals surface area contributed by atoms with Crippen LogP contribution in [0.4, 0.5) is 0 Å². The summed E-state index contributed by atoms with van der Waals surface area (Å²) < 4.78 is 0. The second-order valence-electron chi connectivity index (χ2n) is 6.02. The Balaban J connectivity index is 1.93. The molecule has 2 aromatic rings. The number of aliphatic hydroxyl groups is 1. The molecule has 1 aliphatic rings. The summed E-state index contributed by atoms with van der Waals surface area (Å²) in [6.07, 6.45) is 5.17. The summed E-state index contributed by atoms with van der Waals surface area (Å²) in [5.74, 6) is 0. The lowest BCUT2D eigenvalue weighted by atomic mass is 9.93. The van der Waals surface area contributed by atoms with Crippen LogP contribution in [0.5, 0.6) is 0 Å². The van der Waals surface area contributed by atoms with E-state index in [1.165, 1.54) is 35.1 Å². The average molecular weight is 280 g/mol. The van der Waals surface area contributed by atoms with Gasteiger partial charge in [0, 0.05) is 0 Å². The van der Waals surface area contributed by atoms with Gasteiger partial charge in [-0.2, -0.15) is 0 Å². The predicted octanol–water partition coefficient (Wildman–Crippen LogP) is 4.38. The highest BCUT2D eigenvalue weighted by Crippen LogP contribution is 2.29. The zero-order chi connectivity index (χ0) is 14.8. The Labute approximate surface area is 127 Å². The van der Waals surface area contributed by atoms with Crippen molar-refractivity contribution >= 4 is 0 Å². The summed E-state index contributed by atoms with van der Waals surface area (Å²) in [4.78, 5) is 0. The zero-order valence-electron chi connectivity index (χ0n) is 13.0. The molecule has 1 heteroatoms. The van der Waals surface area contributed by atoms with Gasteiger partial charge in [0.2, 0.25) is 0 Å². The fourth-order valence-corrected chi connectivity index (χ4v) is 3.44. The lowest BCUT2D eigenvalue weighted by Gasteiger charge is -2.16. The molecule has 1 aliphatic carbocycles. The molecule has 1 nitrogen and oxygen atoms in total. The number of hydrogen-bond acceptors (Lipinski definition) is 1. The van der Waals surface area contributed by atoms with Crippen LogP contribution in [0.25, 0.3) is 0 Å². The third kappa shape index (κ3) is 2.75. The van der Waals surface area contributed by atoms with Crippen molar-refractivity contribution in [3.8, 4) is 0 Å². The first-order valence-electron chi connectivity index (χ1n) is 8.14. The van der Waals surface area contributed by atoms with Gasteiger partial charge in [-0.25, -0.2) is 0 Å². The molecule has 0 saturated carbocycles. The van der Waals surface area contributed by atoms with E-state index < -0.39 is 6.10 Å². The Morgan fingerprint density at radius 2 is 1.52 bits per heavy atom. The Kier molecular flexibility index (Phi) is 4.12. The van der Waals surface area contributed by atoms with Crippen molar-refractivity contribution in [1.29, 1.82) is 0 Å². The van der Waals surface area contributed by atoms with E-state index in [4.69, 9.17) is 0 Å². The summed E-state index contributed by atoms with van der Waals surface area (Å²) in [5.41, 5.74) is 7.68. The quantitative estimate of drug-likeness (QED) is 0.881. The molecule has 2 aromatic carbocycles. The SMILES string of the molecule is CCc1ccc(C(O)c2ccc3c(c2)CCC3)cc1CC. The van der Waals surface area contributed by atoms with Crippen molar-refractivity contribution in [3.63, 3.8) is 0 Å². The summed E-state index contributed by atoms with van der Waals surface area (Å²) in [6, 6.07) is 12.9. The Bertz CT molecular complexity index is 642. The number of benzene rings is 2. The molecule has 110 valence electrons. The van der Waals surface area contributed by atoms with Crippen LogP contribution in [0.15, 0.2) is 36.4 Å². The summed E-state index contributed by atoms with van der Waals surface area (Å²) in [6.45, 7) is 4.37. The number of fused-ring (bicyclic) bond motifs is 1. The van der Waals surface area contributed by atoms with E-state index in [1.807, 2.05) is 0 Å². The first-order valence-corrected chi connectivity index (χ1v) is 8.14. The van der Waals surface area contributed by atoms with Gasteiger partial charge < -0.3 is 5.11 Å². The maximum absolute atomic E-state index is 10.7. The minimum Gasteiger partial charge on any atom is -0.384 e. The van der Waals surface area contributed by atoms with Gasteiger partial charge in [-0.15, -0.1) is 0 Å². The van der Waals surface area contributed by atoms with E-state index in [0.717, 1.165) is 30.4 Å². The third-order valence-electron chi connectivity index (χ3n) is 4.75. The maximum atomic E-state index is 10.7. The lowest BCUT2D eigenvalue weighted by molar-refractivity contribution is 0.220. The number of aryl methyl sites for hydroxylation is 4. The largest absolute Gasteiger partial charge is 0.384 e. The molecule has 1 unspecified atom stereocenters. The van der Waals surface area contributed by atoms with Gasteiger partial charge in [-0.1, -0.05) is 50.2 Å². The van der Waals surface area contributed by atoms with Crippen LogP contribution in [0.3, 0.4) is 0 Å². The van der Waals surface area contributed by atoms with Crippen LogP contribution in [0, 0.1) is 0 Å². The third-order valence-corrected chi connectivity index (χ3v) is 4.75. The first kappa shape index (κ1) is 14.3. The van der Waals surface area contributed by atoms with Gasteiger partial charge in [0.05, 0.1) is 0 Å². The molecule has 0 bridgehead atoms. The van der Waals surface area contributed by atoms with Crippen LogP contribution >= 0.6 is 0 Å². The van der Waals surface area contributed by atoms with Crippen LogP contribution in [-0.2, 0) is 25.7 Å². The molecular formula is C20H24O.